The first-order valence-corrected chi connectivity index (χ1v) is 7.24. The third-order valence-electron chi connectivity index (χ3n) is 2.87. The van der Waals surface area contributed by atoms with Crippen LogP contribution in [0.3, 0.4) is 0 Å². The molecule has 0 aliphatic carbocycles. The van der Waals surface area contributed by atoms with Gasteiger partial charge in [0.15, 0.2) is 5.76 Å². The number of pyridine rings is 1. The molecule has 3 heterocycles. The lowest BCUT2D eigenvalue weighted by molar-refractivity contribution is 0.529. The number of thiazole rings is 1. The van der Waals surface area contributed by atoms with Crippen LogP contribution in [0.2, 0.25) is 0 Å². The van der Waals surface area contributed by atoms with Gasteiger partial charge >= 0.3 is 0 Å². The Labute approximate surface area is 125 Å². The number of furan rings is 1. The van der Waals surface area contributed by atoms with Crippen molar-refractivity contribution in [2.45, 2.75) is 13.5 Å². The van der Waals surface area contributed by atoms with Gasteiger partial charge in [0.1, 0.15) is 23.3 Å². The van der Waals surface area contributed by atoms with Gasteiger partial charge in [-0.1, -0.05) is 0 Å². The van der Waals surface area contributed by atoms with Crippen molar-refractivity contribution in [1.82, 2.24) is 9.97 Å². The molecular weight excluding hydrogens is 284 g/mol. The highest BCUT2D eigenvalue weighted by Crippen LogP contribution is 2.24. The van der Waals surface area contributed by atoms with E-state index in [-0.39, 0.29) is 0 Å². The van der Waals surface area contributed by atoms with Crippen LogP contribution < -0.4 is 5.32 Å². The van der Waals surface area contributed by atoms with Crippen molar-refractivity contribution in [2.75, 3.05) is 5.32 Å². The van der Waals surface area contributed by atoms with Crippen molar-refractivity contribution in [1.29, 1.82) is 5.26 Å². The van der Waals surface area contributed by atoms with Crippen LogP contribution in [0.15, 0.2) is 40.3 Å². The van der Waals surface area contributed by atoms with E-state index >= 15 is 0 Å². The second-order valence-electron chi connectivity index (χ2n) is 4.42. The Bertz CT molecular complexity index is 783. The fourth-order valence-corrected chi connectivity index (χ4v) is 2.43. The number of rotatable bonds is 4. The molecule has 0 spiro atoms. The molecular formula is C15H12N4OS. The molecule has 0 bridgehead atoms. The highest BCUT2D eigenvalue weighted by molar-refractivity contribution is 7.09. The van der Waals surface area contributed by atoms with Gasteiger partial charge in [0.25, 0.3) is 0 Å². The average molecular weight is 296 g/mol. The second-order valence-corrected chi connectivity index (χ2v) is 5.48. The minimum atomic E-state index is 0.530. The Morgan fingerprint density at radius 1 is 1.33 bits per heavy atom. The first-order chi connectivity index (χ1) is 10.2. The molecule has 3 aromatic heterocycles. The van der Waals surface area contributed by atoms with E-state index < -0.39 is 0 Å². The van der Waals surface area contributed by atoms with Crippen LogP contribution in [0.5, 0.6) is 0 Å². The van der Waals surface area contributed by atoms with E-state index in [1.807, 2.05) is 30.5 Å². The third kappa shape index (κ3) is 3.09. The maximum Gasteiger partial charge on any atom is 0.153 e. The van der Waals surface area contributed by atoms with Gasteiger partial charge in [0, 0.05) is 11.6 Å². The minimum Gasteiger partial charge on any atom is -0.458 e. The number of aromatic nitrogens is 2. The molecule has 0 aromatic carbocycles. The van der Waals surface area contributed by atoms with Crippen molar-refractivity contribution >= 4 is 17.2 Å². The van der Waals surface area contributed by atoms with E-state index in [0.29, 0.717) is 17.9 Å². The molecule has 1 N–H and O–H groups in total. The molecule has 0 radical (unpaired) electrons. The number of anilines is 1. The average Bonchev–Trinajstić information content (AvgIpc) is 3.14. The standard InChI is InChI=1S/C15H12N4OS/c1-10-19-13(9-21-10)14-4-3-12(20-14)8-18-15-5-2-11(6-16)7-17-15/h2-5,7,9H,8H2,1H3,(H,17,18). The summed E-state index contributed by atoms with van der Waals surface area (Å²) < 4.78 is 5.75. The van der Waals surface area contributed by atoms with Crippen LogP contribution in [0.25, 0.3) is 11.5 Å². The maximum absolute atomic E-state index is 8.72. The summed E-state index contributed by atoms with van der Waals surface area (Å²) >= 11 is 1.60. The van der Waals surface area contributed by atoms with Gasteiger partial charge in [-0.25, -0.2) is 9.97 Å². The van der Waals surface area contributed by atoms with Crippen LogP contribution in [-0.4, -0.2) is 9.97 Å². The summed E-state index contributed by atoms with van der Waals surface area (Å²) in [7, 11) is 0. The fraction of sp³-hybridized carbons (Fsp3) is 0.133. The first kappa shape index (κ1) is 13.3. The Morgan fingerprint density at radius 2 is 2.24 bits per heavy atom. The quantitative estimate of drug-likeness (QED) is 0.796. The van der Waals surface area contributed by atoms with Crippen molar-refractivity contribution < 1.29 is 4.42 Å². The van der Waals surface area contributed by atoms with Crippen molar-refractivity contribution in [3.8, 4) is 17.5 Å². The summed E-state index contributed by atoms with van der Waals surface area (Å²) in [5.74, 6) is 2.28. The number of nitrogens with one attached hydrogen (secondary N) is 1. The molecule has 0 amide bonds. The first-order valence-electron chi connectivity index (χ1n) is 6.36. The summed E-state index contributed by atoms with van der Waals surface area (Å²) in [6, 6.07) is 9.36. The number of nitrogens with zero attached hydrogens (tertiary/aromatic N) is 3. The summed E-state index contributed by atoms with van der Waals surface area (Å²) in [4.78, 5) is 8.54. The molecule has 0 saturated heterocycles. The number of nitriles is 1. The second kappa shape index (κ2) is 5.77. The Morgan fingerprint density at radius 3 is 2.90 bits per heavy atom. The lowest BCUT2D eigenvalue weighted by atomic mass is 10.3. The summed E-state index contributed by atoms with van der Waals surface area (Å²) in [6.07, 6.45) is 1.54. The molecule has 0 saturated carbocycles. The van der Waals surface area contributed by atoms with Crippen LogP contribution in [0.4, 0.5) is 5.82 Å². The molecule has 21 heavy (non-hydrogen) atoms. The van der Waals surface area contributed by atoms with E-state index in [1.54, 1.807) is 23.5 Å². The van der Waals surface area contributed by atoms with Crippen LogP contribution in [-0.2, 0) is 6.54 Å². The minimum absolute atomic E-state index is 0.530. The van der Waals surface area contributed by atoms with E-state index in [1.165, 1.54) is 6.20 Å². The lowest BCUT2D eigenvalue weighted by Crippen LogP contribution is -2.00. The van der Waals surface area contributed by atoms with Crippen molar-refractivity contribution in [3.63, 3.8) is 0 Å². The van der Waals surface area contributed by atoms with E-state index in [4.69, 9.17) is 9.68 Å². The SMILES string of the molecule is Cc1nc(-c2ccc(CNc3ccc(C#N)cn3)o2)cs1. The van der Waals surface area contributed by atoms with Crippen LogP contribution in [0.1, 0.15) is 16.3 Å². The number of hydrogen-bond donors (Lipinski definition) is 1. The van der Waals surface area contributed by atoms with Crippen LogP contribution in [0, 0.1) is 18.3 Å². The molecule has 3 aromatic rings. The zero-order valence-electron chi connectivity index (χ0n) is 11.3. The highest BCUT2D eigenvalue weighted by Gasteiger charge is 2.07. The van der Waals surface area contributed by atoms with Gasteiger partial charge in [-0.15, -0.1) is 11.3 Å². The largest absolute Gasteiger partial charge is 0.458 e. The Hall–Kier alpha value is -2.65. The van der Waals surface area contributed by atoms with E-state index in [2.05, 4.69) is 15.3 Å². The third-order valence-corrected chi connectivity index (χ3v) is 3.64. The highest BCUT2D eigenvalue weighted by atomic mass is 32.1. The Kier molecular flexibility index (Phi) is 3.67. The van der Waals surface area contributed by atoms with Crippen molar-refractivity contribution in [2.24, 2.45) is 0 Å². The van der Waals surface area contributed by atoms with Gasteiger partial charge in [0.05, 0.1) is 17.1 Å². The normalized spacial score (nSPS) is 10.3. The molecule has 6 heteroatoms. The van der Waals surface area contributed by atoms with Crippen molar-refractivity contribution in [3.05, 3.63) is 52.2 Å². The molecule has 104 valence electrons. The van der Waals surface area contributed by atoms with Gasteiger partial charge in [-0.2, -0.15) is 5.26 Å². The lowest BCUT2D eigenvalue weighted by Gasteiger charge is -2.02. The number of hydrogen-bond acceptors (Lipinski definition) is 6. The van der Waals surface area contributed by atoms with Crippen LogP contribution >= 0.6 is 11.3 Å². The fourth-order valence-electron chi connectivity index (χ4n) is 1.83. The predicted octanol–water partition coefficient (Wildman–Crippen LogP) is 3.59. The summed E-state index contributed by atoms with van der Waals surface area (Å²) in [5.41, 5.74) is 1.40. The molecule has 5 nitrogen and oxygen atoms in total. The molecule has 0 aliphatic heterocycles. The van der Waals surface area contributed by atoms with Gasteiger partial charge < -0.3 is 9.73 Å². The predicted molar refractivity (Wildman–Crippen MR) is 80.8 cm³/mol. The zero-order valence-corrected chi connectivity index (χ0v) is 12.1. The molecule has 0 fully saturated rings. The monoisotopic (exact) mass is 296 g/mol. The molecule has 3 rings (SSSR count). The summed E-state index contributed by atoms with van der Waals surface area (Å²) in [5, 5.41) is 14.9. The molecule has 0 unspecified atom stereocenters. The van der Waals surface area contributed by atoms with E-state index in [0.717, 1.165) is 22.2 Å². The topological polar surface area (TPSA) is 74.7 Å². The number of aryl methyl sites for hydroxylation is 1. The summed E-state index contributed by atoms with van der Waals surface area (Å²) in [6.45, 7) is 2.50. The van der Waals surface area contributed by atoms with Gasteiger partial charge in [-0.05, 0) is 31.2 Å². The van der Waals surface area contributed by atoms with E-state index in [9.17, 15) is 0 Å². The zero-order chi connectivity index (χ0) is 14.7. The molecule has 0 aliphatic rings. The maximum atomic E-state index is 8.72. The molecule has 0 atom stereocenters. The van der Waals surface area contributed by atoms with Gasteiger partial charge in [-0.3, -0.25) is 0 Å². The Balaban J connectivity index is 1.66. The van der Waals surface area contributed by atoms with Gasteiger partial charge in [0.2, 0.25) is 0 Å². The smallest absolute Gasteiger partial charge is 0.153 e.